The number of fused-ring (bicyclic) bond motifs is 1. The van der Waals surface area contributed by atoms with E-state index in [1.54, 1.807) is 39.5 Å². The molecule has 1 heterocycles. The highest BCUT2D eigenvalue weighted by molar-refractivity contribution is 6.08. The molecule has 0 saturated carbocycles. The number of carbonyl (C=O) groups excluding carboxylic acids is 2. The van der Waals surface area contributed by atoms with Gasteiger partial charge in [-0.1, -0.05) is 18.2 Å². The summed E-state index contributed by atoms with van der Waals surface area (Å²) in [4.78, 5) is 29.5. The molecule has 0 spiro atoms. The van der Waals surface area contributed by atoms with E-state index >= 15 is 0 Å². The monoisotopic (exact) mass is 423 g/mol. The molecule has 0 fully saturated rings. The molecule has 2 aromatic carbocycles. The summed E-state index contributed by atoms with van der Waals surface area (Å²) < 4.78 is 15.6. The molecule has 0 bridgehead atoms. The molecule has 3 rings (SSSR count). The van der Waals surface area contributed by atoms with Crippen molar-refractivity contribution in [3.05, 3.63) is 54.1 Å². The van der Waals surface area contributed by atoms with Crippen LogP contribution in [-0.2, 0) is 9.53 Å². The van der Waals surface area contributed by atoms with Crippen LogP contribution in [0.15, 0.2) is 48.5 Å². The predicted octanol–water partition coefficient (Wildman–Crippen LogP) is 2.41. The van der Waals surface area contributed by atoms with Gasteiger partial charge in [0.15, 0.2) is 11.5 Å². The Morgan fingerprint density at radius 3 is 2.45 bits per heavy atom. The minimum absolute atomic E-state index is 0.134. The second-order valence-electron chi connectivity index (χ2n) is 6.67. The molecule has 31 heavy (non-hydrogen) atoms. The van der Waals surface area contributed by atoms with Crippen LogP contribution in [0.4, 0.5) is 0 Å². The van der Waals surface area contributed by atoms with Gasteiger partial charge in [0.1, 0.15) is 0 Å². The van der Waals surface area contributed by atoms with Gasteiger partial charge >= 0.3 is 0 Å². The van der Waals surface area contributed by atoms with Crippen molar-refractivity contribution in [1.82, 2.24) is 15.6 Å². The number of pyridine rings is 1. The lowest BCUT2D eigenvalue weighted by Crippen LogP contribution is -2.38. The SMILES string of the molecule is COCCNC(=O)CNC(=O)c1cc(-c2ccc(OC)c(OC)c2)nc2ccccc12. The number of benzene rings is 2. The van der Waals surface area contributed by atoms with Crippen LogP contribution in [0.1, 0.15) is 10.4 Å². The van der Waals surface area contributed by atoms with E-state index in [2.05, 4.69) is 10.6 Å². The molecule has 3 aromatic rings. The number of methoxy groups -OCH3 is 3. The van der Waals surface area contributed by atoms with Crippen LogP contribution in [-0.4, -0.2) is 57.8 Å². The van der Waals surface area contributed by atoms with Crippen LogP contribution >= 0.6 is 0 Å². The Labute approximate surface area is 180 Å². The molecule has 162 valence electrons. The Kier molecular flexibility index (Phi) is 7.40. The maximum Gasteiger partial charge on any atom is 0.252 e. The highest BCUT2D eigenvalue weighted by Gasteiger charge is 2.16. The second kappa shape index (κ2) is 10.4. The molecule has 2 amide bonds. The van der Waals surface area contributed by atoms with Gasteiger partial charge in [-0.05, 0) is 30.3 Å². The third-order valence-electron chi connectivity index (χ3n) is 4.68. The van der Waals surface area contributed by atoms with Crippen LogP contribution in [0, 0.1) is 0 Å². The lowest BCUT2D eigenvalue weighted by Gasteiger charge is -2.12. The summed E-state index contributed by atoms with van der Waals surface area (Å²) in [6.07, 6.45) is 0. The van der Waals surface area contributed by atoms with E-state index in [0.717, 1.165) is 5.56 Å². The zero-order valence-corrected chi connectivity index (χ0v) is 17.7. The summed E-state index contributed by atoms with van der Waals surface area (Å²) in [5.74, 6) is 0.518. The average Bonchev–Trinajstić information content (AvgIpc) is 2.81. The van der Waals surface area contributed by atoms with Gasteiger partial charge in [-0.15, -0.1) is 0 Å². The summed E-state index contributed by atoms with van der Waals surface area (Å²) in [5.41, 5.74) is 2.48. The lowest BCUT2D eigenvalue weighted by molar-refractivity contribution is -0.120. The highest BCUT2D eigenvalue weighted by Crippen LogP contribution is 2.33. The zero-order valence-electron chi connectivity index (χ0n) is 17.7. The Morgan fingerprint density at radius 1 is 0.935 bits per heavy atom. The van der Waals surface area contributed by atoms with E-state index in [-0.39, 0.29) is 18.4 Å². The molecule has 8 nitrogen and oxygen atoms in total. The fraction of sp³-hybridized carbons (Fsp3) is 0.261. The molecule has 8 heteroatoms. The van der Waals surface area contributed by atoms with Gasteiger partial charge in [-0.25, -0.2) is 4.98 Å². The smallest absolute Gasteiger partial charge is 0.252 e. The summed E-state index contributed by atoms with van der Waals surface area (Å²) in [6, 6.07) is 14.5. The van der Waals surface area contributed by atoms with Crippen LogP contribution < -0.4 is 20.1 Å². The highest BCUT2D eigenvalue weighted by atomic mass is 16.5. The van der Waals surface area contributed by atoms with Crippen molar-refractivity contribution in [1.29, 1.82) is 0 Å². The van der Waals surface area contributed by atoms with E-state index in [0.29, 0.717) is 46.8 Å². The second-order valence-corrected chi connectivity index (χ2v) is 6.67. The largest absolute Gasteiger partial charge is 0.493 e. The standard InChI is InChI=1S/C23H25N3O5/c1-29-11-10-24-22(27)14-25-23(28)17-13-19(26-18-7-5-4-6-16(17)18)15-8-9-20(30-2)21(12-15)31-3/h4-9,12-13H,10-11,14H2,1-3H3,(H,24,27)(H,25,28). The normalized spacial score (nSPS) is 10.5. The number of hydrogen-bond acceptors (Lipinski definition) is 6. The Morgan fingerprint density at radius 2 is 1.71 bits per heavy atom. The third kappa shape index (κ3) is 5.29. The van der Waals surface area contributed by atoms with Crippen LogP contribution in [0.25, 0.3) is 22.2 Å². The molecule has 0 saturated heterocycles. The fourth-order valence-corrected chi connectivity index (χ4v) is 3.12. The molecule has 0 radical (unpaired) electrons. The topological polar surface area (TPSA) is 98.8 Å². The molecular formula is C23H25N3O5. The van der Waals surface area contributed by atoms with E-state index in [1.165, 1.54) is 0 Å². The summed E-state index contributed by atoms with van der Waals surface area (Å²) in [7, 11) is 4.68. The Balaban J connectivity index is 1.91. The maximum absolute atomic E-state index is 12.9. The van der Waals surface area contributed by atoms with Gasteiger partial charge in [0, 0.05) is 24.6 Å². The van der Waals surface area contributed by atoms with E-state index in [4.69, 9.17) is 19.2 Å². The van der Waals surface area contributed by atoms with Crippen LogP contribution in [0.5, 0.6) is 11.5 Å². The zero-order chi connectivity index (χ0) is 22.2. The number of amides is 2. The van der Waals surface area contributed by atoms with E-state index < -0.39 is 0 Å². The van der Waals surface area contributed by atoms with Crippen molar-refractivity contribution in [3.63, 3.8) is 0 Å². The van der Waals surface area contributed by atoms with Gasteiger partial charge in [-0.2, -0.15) is 0 Å². The summed E-state index contributed by atoms with van der Waals surface area (Å²) in [5, 5.41) is 6.04. The van der Waals surface area contributed by atoms with Gasteiger partial charge in [0.2, 0.25) is 5.91 Å². The predicted molar refractivity (Wildman–Crippen MR) is 118 cm³/mol. The number of hydrogen-bond donors (Lipinski definition) is 2. The molecule has 0 atom stereocenters. The van der Waals surface area contributed by atoms with Gasteiger partial charge < -0.3 is 24.8 Å². The van der Waals surface area contributed by atoms with Crippen molar-refractivity contribution in [2.24, 2.45) is 0 Å². The van der Waals surface area contributed by atoms with Crippen LogP contribution in [0.2, 0.25) is 0 Å². The number of nitrogens with one attached hydrogen (secondary N) is 2. The third-order valence-corrected chi connectivity index (χ3v) is 4.68. The quantitative estimate of drug-likeness (QED) is 0.513. The number of para-hydroxylation sites is 1. The molecule has 0 aliphatic carbocycles. The lowest BCUT2D eigenvalue weighted by atomic mass is 10.0. The van der Waals surface area contributed by atoms with E-state index in [1.807, 2.05) is 30.3 Å². The van der Waals surface area contributed by atoms with Crippen molar-refractivity contribution in [3.8, 4) is 22.8 Å². The minimum atomic E-state index is -0.359. The first-order valence-electron chi connectivity index (χ1n) is 9.73. The van der Waals surface area contributed by atoms with E-state index in [9.17, 15) is 9.59 Å². The van der Waals surface area contributed by atoms with Crippen molar-refractivity contribution in [2.45, 2.75) is 0 Å². The minimum Gasteiger partial charge on any atom is -0.493 e. The first kappa shape index (κ1) is 22.0. The summed E-state index contributed by atoms with van der Waals surface area (Å²) >= 11 is 0. The van der Waals surface area contributed by atoms with Crippen molar-refractivity contribution < 1.29 is 23.8 Å². The van der Waals surface area contributed by atoms with Gasteiger partial charge in [0.25, 0.3) is 5.91 Å². The van der Waals surface area contributed by atoms with Crippen LogP contribution in [0.3, 0.4) is 0 Å². The Bertz CT molecular complexity index is 1080. The summed E-state index contributed by atoms with van der Waals surface area (Å²) in [6.45, 7) is 0.654. The molecule has 1 aromatic heterocycles. The average molecular weight is 423 g/mol. The van der Waals surface area contributed by atoms with Crippen molar-refractivity contribution in [2.75, 3.05) is 41.0 Å². The Hall–Kier alpha value is -3.65. The number of nitrogens with zero attached hydrogens (tertiary/aromatic N) is 1. The molecule has 0 aliphatic rings. The van der Waals surface area contributed by atoms with Gasteiger partial charge in [0.05, 0.1) is 44.1 Å². The maximum atomic E-state index is 12.9. The molecular weight excluding hydrogens is 398 g/mol. The molecule has 0 aliphatic heterocycles. The van der Waals surface area contributed by atoms with Crippen molar-refractivity contribution >= 4 is 22.7 Å². The number of aromatic nitrogens is 1. The van der Waals surface area contributed by atoms with Gasteiger partial charge in [-0.3, -0.25) is 9.59 Å². The number of rotatable bonds is 9. The number of carbonyl (C=O) groups is 2. The number of ether oxygens (including phenoxy) is 3. The molecule has 2 N–H and O–H groups in total. The fourth-order valence-electron chi connectivity index (χ4n) is 3.12. The first-order chi connectivity index (χ1) is 15.1. The first-order valence-corrected chi connectivity index (χ1v) is 9.73. The molecule has 0 unspecified atom stereocenters.